The molecule has 398 valence electrons. The molecule has 1 aliphatic heterocycles. The Bertz CT molecular complexity index is 2150. The number of hydrogen-bond acceptors (Lipinski definition) is 10. The Morgan fingerprint density at radius 1 is 0.542 bits per heavy atom. The quantitative estimate of drug-likeness (QED) is 0.0977. The van der Waals surface area contributed by atoms with E-state index in [0.29, 0.717) is 30.5 Å². The Balaban J connectivity index is 1.96. The number of piperidine rings is 1. The Labute approximate surface area is 427 Å². The van der Waals surface area contributed by atoms with Gasteiger partial charge in [-0.15, -0.1) is 0 Å². The van der Waals surface area contributed by atoms with Gasteiger partial charge in [0.05, 0.1) is 6.10 Å². The lowest BCUT2D eigenvalue weighted by Crippen LogP contribution is -2.62. The molecule has 1 aliphatic rings. The predicted octanol–water partition coefficient (Wildman–Crippen LogP) is 2.94. The average Bonchev–Trinajstić information content (AvgIpc) is 3.36. The second-order valence-corrected chi connectivity index (χ2v) is 20.5. The van der Waals surface area contributed by atoms with Gasteiger partial charge < -0.3 is 49.9 Å². The first kappa shape index (κ1) is 60.1. The molecule has 0 unspecified atom stereocenters. The Morgan fingerprint density at radius 2 is 0.972 bits per heavy atom. The fourth-order valence-electron chi connectivity index (χ4n) is 8.94. The summed E-state index contributed by atoms with van der Waals surface area (Å²) in [4.78, 5) is 133. The summed E-state index contributed by atoms with van der Waals surface area (Å²) in [6.07, 6.45) is 1.96. The minimum atomic E-state index is -1.52. The van der Waals surface area contributed by atoms with Crippen molar-refractivity contribution in [3.8, 4) is 0 Å². The number of nitrogens with zero attached hydrogens (tertiary/aromatic N) is 6. The summed E-state index contributed by atoms with van der Waals surface area (Å²) in [5, 5.41) is 16.3. The molecule has 1 heterocycles. The van der Waals surface area contributed by atoms with Crippen molar-refractivity contribution in [3.05, 3.63) is 71.8 Å². The summed E-state index contributed by atoms with van der Waals surface area (Å²) in [6, 6.07) is 9.15. The van der Waals surface area contributed by atoms with Gasteiger partial charge in [-0.1, -0.05) is 102 Å². The molecule has 1 fully saturated rings. The third kappa shape index (κ3) is 16.4. The summed E-state index contributed by atoms with van der Waals surface area (Å²) in [5.74, 6) is -5.34. The number of carbonyl (C=O) groups excluding carboxylic acids is 9. The molecule has 0 saturated carbocycles. The molecule has 0 spiro atoms. The number of hydrogen-bond donors (Lipinski definition) is 3. The van der Waals surface area contributed by atoms with Crippen LogP contribution in [0.3, 0.4) is 0 Å². The molecule has 0 aliphatic carbocycles. The second kappa shape index (κ2) is 28.2. The van der Waals surface area contributed by atoms with Gasteiger partial charge in [0.1, 0.15) is 36.3 Å². The molecule has 18 heteroatoms. The molecule has 2 aromatic rings. The molecule has 0 radical (unpaired) electrons. The maximum absolute atomic E-state index is 14.8. The highest BCUT2D eigenvalue weighted by Crippen LogP contribution is 2.22. The fraction of sp³-hybridized carbons (Fsp3) is 0.611. The molecule has 72 heavy (non-hydrogen) atoms. The first-order chi connectivity index (χ1) is 33.8. The van der Waals surface area contributed by atoms with Gasteiger partial charge >= 0.3 is 0 Å². The van der Waals surface area contributed by atoms with E-state index in [2.05, 4.69) is 10.6 Å². The number of amides is 8. The number of aldehydes is 1. The SMILES string of the molecule is CC(C)C[C@@H](C(=O)N[C@H](C(=O)N(C)[C@@H](Cc1ccccc1)C(=O)N(C)[C@@H](C)C(=O)N(C)[C@@H](CC(C)C)C(=O)N(C)[C@@H](Cc1ccccc1)C(=O)N[C@@H](C=O)C(=O)N1CCCCC1)[C@@H](C)O)N(C)C(=O)C(C)C. The van der Waals surface area contributed by atoms with Crippen molar-refractivity contribution in [2.75, 3.05) is 48.3 Å². The molecule has 3 N–H and O–H groups in total. The zero-order valence-corrected chi connectivity index (χ0v) is 44.9. The zero-order valence-electron chi connectivity index (χ0n) is 44.9. The average molecular weight is 1000 g/mol. The van der Waals surface area contributed by atoms with Gasteiger partial charge in [-0.25, -0.2) is 0 Å². The van der Waals surface area contributed by atoms with E-state index in [9.17, 15) is 48.3 Å². The molecule has 0 aromatic heterocycles. The monoisotopic (exact) mass is 1000 g/mol. The lowest BCUT2D eigenvalue weighted by molar-refractivity contribution is -0.154. The van der Waals surface area contributed by atoms with Gasteiger partial charge in [0.15, 0.2) is 12.3 Å². The number of aliphatic hydroxyl groups is 1. The molecular weight excluding hydrogens is 921 g/mol. The van der Waals surface area contributed by atoms with Crippen LogP contribution in [-0.4, -0.2) is 185 Å². The van der Waals surface area contributed by atoms with Crippen molar-refractivity contribution in [1.82, 2.24) is 40.0 Å². The molecule has 3 rings (SSSR count). The summed E-state index contributed by atoms with van der Waals surface area (Å²) >= 11 is 0. The van der Waals surface area contributed by atoms with Gasteiger partial charge in [0.25, 0.3) is 5.91 Å². The first-order valence-corrected chi connectivity index (χ1v) is 25.3. The van der Waals surface area contributed by atoms with Gasteiger partial charge in [-0.2, -0.15) is 0 Å². The molecule has 8 amide bonds. The Kier molecular flexibility index (Phi) is 23.5. The van der Waals surface area contributed by atoms with Crippen molar-refractivity contribution < 1.29 is 48.3 Å². The number of benzene rings is 2. The van der Waals surface area contributed by atoms with Gasteiger partial charge in [0.2, 0.25) is 41.4 Å². The predicted molar refractivity (Wildman–Crippen MR) is 275 cm³/mol. The smallest absolute Gasteiger partial charge is 0.252 e. The van der Waals surface area contributed by atoms with Crippen LogP contribution in [0, 0.1) is 17.8 Å². The molecular formula is C54H82N8O10. The minimum absolute atomic E-state index is 0.00840. The normalized spacial score (nSPS) is 16.0. The maximum atomic E-state index is 14.8. The first-order valence-electron chi connectivity index (χ1n) is 25.3. The van der Waals surface area contributed by atoms with Crippen LogP contribution >= 0.6 is 0 Å². The van der Waals surface area contributed by atoms with Crippen LogP contribution in [0.2, 0.25) is 0 Å². The number of rotatable bonds is 25. The molecule has 2 aromatic carbocycles. The van der Waals surface area contributed by atoms with Gasteiger partial charge in [-0.05, 0) is 68.9 Å². The highest BCUT2D eigenvalue weighted by molar-refractivity contribution is 6.01. The zero-order chi connectivity index (χ0) is 54.1. The van der Waals surface area contributed by atoms with E-state index in [4.69, 9.17) is 0 Å². The second-order valence-electron chi connectivity index (χ2n) is 20.5. The van der Waals surface area contributed by atoms with Crippen LogP contribution < -0.4 is 10.6 Å². The lowest BCUT2D eigenvalue weighted by atomic mass is 9.98. The fourth-order valence-corrected chi connectivity index (χ4v) is 8.94. The topological polar surface area (TPSA) is 217 Å². The molecule has 8 atom stereocenters. The lowest BCUT2D eigenvalue weighted by Gasteiger charge is -2.39. The van der Waals surface area contributed by atoms with E-state index >= 15 is 0 Å². The minimum Gasteiger partial charge on any atom is -0.391 e. The van der Waals surface area contributed by atoms with E-state index in [1.807, 2.05) is 33.8 Å². The third-order valence-corrected chi connectivity index (χ3v) is 13.6. The van der Waals surface area contributed by atoms with Crippen molar-refractivity contribution in [2.24, 2.45) is 17.8 Å². The van der Waals surface area contributed by atoms with Crippen molar-refractivity contribution in [1.29, 1.82) is 0 Å². The van der Waals surface area contributed by atoms with Gasteiger partial charge in [-0.3, -0.25) is 38.4 Å². The van der Waals surface area contributed by atoms with Crippen molar-refractivity contribution in [2.45, 2.75) is 149 Å². The van der Waals surface area contributed by atoms with E-state index in [-0.39, 0.29) is 43.4 Å². The highest BCUT2D eigenvalue weighted by Gasteiger charge is 2.42. The number of aliphatic hydroxyl groups excluding tert-OH is 1. The number of carbonyl (C=O) groups is 9. The van der Waals surface area contributed by atoms with Crippen molar-refractivity contribution >= 4 is 53.5 Å². The van der Waals surface area contributed by atoms with Crippen LogP contribution in [0.5, 0.6) is 0 Å². The summed E-state index contributed by atoms with van der Waals surface area (Å²) in [5.41, 5.74) is 1.39. The standard InChI is InChI=1S/C54H82N8O10/c1-34(2)29-42(58(10)49(67)36(5)6)48(66)56-46(38(8)64)54(72)61(13)45(32-40-25-19-15-20-26-40)52(70)57(9)37(7)50(68)60(12)44(30-35(3)4)53(71)59(11)43(31-39-23-17-14-18-24-39)47(65)55-41(33-63)51(69)62-27-21-16-22-28-62/h14-15,17-20,23-26,33-38,41-46,64H,16,21-22,27-32H2,1-13H3,(H,55,65)(H,56,66)/t37-,38+,41-,42-,43-,44-,45-,46-/m0/s1. The summed E-state index contributed by atoms with van der Waals surface area (Å²) in [6.45, 7) is 14.8. The van der Waals surface area contributed by atoms with E-state index in [0.717, 1.165) is 24.2 Å². The maximum Gasteiger partial charge on any atom is 0.252 e. The van der Waals surface area contributed by atoms with E-state index in [1.54, 1.807) is 73.3 Å². The molecule has 1 saturated heterocycles. The number of likely N-dealkylation sites (tertiary alicyclic amines) is 1. The van der Waals surface area contributed by atoms with Crippen LogP contribution in [0.1, 0.15) is 98.6 Å². The van der Waals surface area contributed by atoms with Crippen LogP contribution in [0.25, 0.3) is 0 Å². The summed E-state index contributed by atoms with van der Waals surface area (Å²) in [7, 11) is 7.23. The number of likely N-dealkylation sites (N-methyl/N-ethyl adjacent to an activating group) is 5. The van der Waals surface area contributed by atoms with Crippen LogP contribution in [0.4, 0.5) is 0 Å². The third-order valence-electron chi connectivity index (χ3n) is 13.6. The Morgan fingerprint density at radius 3 is 1.44 bits per heavy atom. The Hall–Kier alpha value is -6.17. The van der Waals surface area contributed by atoms with E-state index < -0.39 is 95.7 Å². The van der Waals surface area contributed by atoms with Crippen LogP contribution in [-0.2, 0) is 56.0 Å². The van der Waals surface area contributed by atoms with E-state index in [1.165, 1.54) is 68.7 Å². The number of nitrogens with one attached hydrogen (secondary N) is 2. The highest BCUT2D eigenvalue weighted by atomic mass is 16.3. The largest absolute Gasteiger partial charge is 0.391 e. The molecule has 18 nitrogen and oxygen atoms in total. The van der Waals surface area contributed by atoms with Crippen molar-refractivity contribution in [3.63, 3.8) is 0 Å². The molecule has 0 bridgehead atoms. The van der Waals surface area contributed by atoms with Gasteiger partial charge in [0, 0.05) is 67.1 Å². The summed E-state index contributed by atoms with van der Waals surface area (Å²) < 4.78 is 0. The van der Waals surface area contributed by atoms with Crippen LogP contribution in [0.15, 0.2) is 60.7 Å².